The summed E-state index contributed by atoms with van der Waals surface area (Å²) in [5.41, 5.74) is 2.60. The highest BCUT2D eigenvalue weighted by molar-refractivity contribution is 5.48. The first-order valence-electron chi connectivity index (χ1n) is 8.01. The van der Waals surface area contributed by atoms with E-state index in [0.29, 0.717) is 12.0 Å². The van der Waals surface area contributed by atoms with E-state index in [4.69, 9.17) is 4.98 Å². The molecule has 0 spiro atoms. The molecule has 1 unspecified atom stereocenters. The second kappa shape index (κ2) is 7.07. The predicted octanol–water partition coefficient (Wildman–Crippen LogP) is 3.51. The van der Waals surface area contributed by atoms with Crippen LogP contribution in [0.3, 0.4) is 0 Å². The maximum absolute atomic E-state index is 4.74. The lowest BCUT2D eigenvalue weighted by atomic mass is 10.0. The second-order valence-corrected chi connectivity index (χ2v) is 6.55. The number of pyridine rings is 1. The van der Waals surface area contributed by atoms with Gasteiger partial charge in [-0.15, -0.1) is 0 Å². The van der Waals surface area contributed by atoms with Gasteiger partial charge in [0.1, 0.15) is 5.82 Å². The highest BCUT2D eigenvalue weighted by atomic mass is 15.2. The number of nitrogens with zero attached hydrogens (tertiary/aromatic N) is 2. The molecule has 20 heavy (non-hydrogen) atoms. The Morgan fingerprint density at radius 3 is 2.85 bits per heavy atom. The second-order valence-electron chi connectivity index (χ2n) is 6.55. The SMILES string of the molecule is Cc1cc(CNCC(C)C)cnc1N1CCCCC1C. The molecule has 1 fully saturated rings. The molecule has 3 heteroatoms. The number of aromatic nitrogens is 1. The molecule has 1 atom stereocenters. The molecule has 2 rings (SSSR count). The van der Waals surface area contributed by atoms with E-state index in [9.17, 15) is 0 Å². The first-order chi connectivity index (χ1) is 9.58. The number of hydrogen-bond acceptors (Lipinski definition) is 3. The molecule has 0 aromatic carbocycles. The van der Waals surface area contributed by atoms with Crippen LogP contribution in [0, 0.1) is 12.8 Å². The Morgan fingerprint density at radius 1 is 1.40 bits per heavy atom. The Kier molecular flexibility index (Phi) is 5.41. The minimum Gasteiger partial charge on any atom is -0.354 e. The van der Waals surface area contributed by atoms with Gasteiger partial charge in [-0.05, 0) is 62.8 Å². The number of anilines is 1. The van der Waals surface area contributed by atoms with Crippen molar-refractivity contribution in [1.29, 1.82) is 0 Å². The van der Waals surface area contributed by atoms with E-state index in [1.165, 1.54) is 36.2 Å². The molecule has 1 aliphatic rings. The highest BCUT2D eigenvalue weighted by Gasteiger charge is 2.20. The van der Waals surface area contributed by atoms with Crippen molar-refractivity contribution in [2.45, 2.75) is 59.5 Å². The van der Waals surface area contributed by atoms with Crippen molar-refractivity contribution >= 4 is 5.82 Å². The summed E-state index contributed by atoms with van der Waals surface area (Å²) < 4.78 is 0. The molecule has 0 bridgehead atoms. The zero-order valence-corrected chi connectivity index (χ0v) is 13.4. The Morgan fingerprint density at radius 2 is 2.20 bits per heavy atom. The predicted molar refractivity (Wildman–Crippen MR) is 86.2 cm³/mol. The van der Waals surface area contributed by atoms with E-state index in [0.717, 1.165) is 19.6 Å². The van der Waals surface area contributed by atoms with Crippen molar-refractivity contribution < 1.29 is 0 Å². The van der Waals surface area contributed by atoms with Crippen molar-refractivity contribution in [1.82, 2.24) is 10.3 Å². The van der Waals surface area contributed by atoms with Crippen molar-refractivity contribution in [3.05, 3.63) is 23.4 Å². The van der Waals surface area contributed by atoms with Crippen LogP contribution in [0.2, 0.25) is 0 Å². The average molecular weight is 275 g/mol. The van der Waals surface area contributed by atoms with E-state index < -0.39 is 0 Å². The van der Waals surface area contributed by atoms with Crippen LogP contribution >= 0.6 is 0 Å². The Labute approximate surface area is 123 Å². The maximum atomic E-state index is 4.74. The lowest BCUT2D eigenvalue weighted by Gasteiger charge is -2.35. The van der Waals surface area contributed by atoms with Gasteiger partial charge in [-0.1, -0.05) is 13.8 Å². The van der Waals surface area contributed by atoms with Gasteiger partial charge in [-0.3, -0.25) is 0 Å². The summed E-state index contributed by atoms with van der Waals surface area (Å²) in [4.78, 5) is 7.21. The molecule has 0 aliphatic carbocycles. The summed E-state index contributed by atoms with van der Waals surface area (Å²) in [7, 11) is 0. The zero-order chi connectivity index (χ0) is 14.5. The first-order valence-corrected chi connectivity index (χ1v) is 8.01. The molecule has 1 aliphatic heterocycles. The molecular formula is C17H29N3. The number of piperidine rings is 1. The molecule has 0 saturated carbocycles. The topological polar surface area (TPSA) is 28.2 Å². The van der Waals surface area contributed by atoms with E-state index in [1.807, 2.05) is 6.20 Å². The molecule has 0 radical (unpaired) electrons. The fraction of sp³-hybridized carbons (Fsp3) is 0.706. The van der Waals surface area contributed by atoms with E-state index in [1.54, 1.807) is 0 Å². The Balaban J connectivity index is 2.01. The number of rotatable bonds is 5. The van der Waals surface area contributed by atoms with Crippen LogP contribution in [0.15, 0.2) is 12.3 Å². The van der Waals surface area contributed by atoms with Crippen molar-refractivity contribution in [3.63, 3.8) is 0 Å². The van der Waals surface area contributed by atoms with Gasteiger partial charge >= 0.3 is 0 Å². The minimum absolute atomic E-state index is 0.625. The largest absolute Gasteiger partial charge is 0.354 e. The number of hydrogen-bond donors (Lipinski definition) is 1. The summed E-state index contributed by atoms with van der Waals surface area (Å²) in [6.07, 6.45) is 5.98. The Hall–Kier alpha value is -1.09. The number of aryl methyl sites for hydroxylation is 1. The molecule has 1 N–H and O–H groups in total. The van der Waals surface area contributed by atoms with Gasteiger partial charge < -0.3 is 10.2 Å². The molecule has 1 aromatic heterocycles. The maximum Gasteiger partial charge on any atom is 0.131 e. The molecule has 112 valence electrons. The smallest absolute Gasteiger partial charge is 0.131 e. The van der Waals surface area contributed by atoms with Crippen LogP contribution in [-0.2, 0) is 6.54 Å². The van der Waals surface area contributed by atoms with Crippen LogP contribution in [0.25, 0.3) is 0 Å². The summed E-state index contributed by atoms with van der Waals surface area (Å²) in [6.45, 7) is 12.1. The fourth-order valence-electron chi connectivity index (χ4n) is 2.94. The van der Waals surface area contributed by atoms with Gasteiger partial charge in [0.05, 0.1) is 0 Å². The van der Waals surface area contributed by atoms with E-state index >= 15 is 0 Å². The lowest BCUT2D eigenvalue weighted by Crippen LogP contribution is -2.38. The normalized spacial score (nSPS) is 19.6. The van der Waals surface area contributed by atoms with Gasteiger partial charge in [0, 0.05) is 25.3 Å². The third-order valence-corrected chi connectivity index (χ3v) is 4.06. The van der Waals surface area contributed by atoms with Crippen molar-refractivity contribution in [3.8, 4) is 0 Å². The first kappa shape index (κ1) is 15.3. The molecule has 0 amide bonds. The fourth-order valence-corrected chi connectivity index (χ4v) is 2.94. The minimum atomic E-state index is 0.625. The van der Waals surface area contributed by atoms with Crippen LogP contribution in [-0.4, -0.2) is 24.1 Å². The quantitative estimate of drug-likeness (QED) is 0.891. The third kappa shape index (κ3) is 3.95. The van der Waals surface area contributed by atoms with Crippen LogP contribution < -0.4 is 10.2 Å². The number of nitrogens with one attached hydrogen (secondary N) is 1. The van der Waals surface area contributed by atoms with E-state index in [2.05, 4.69) is 44.0 Å². The van der Waals surface area contributed by atoms with Crippen LogP contribution in [0.5, 0.6) is 0 Å². The molecular weight excluding hydrogens is 246 g/mol. The molecule has 2 heterocycles. The van der Waals surface area contributed by atoms with Gasteiger partial charge in [-0.2, -0.15) is 0 Å². The highest BCUT2D eigenvalue weighted by Crippen LogP contribution is 2.25. The lowest BCUT2D eigenvalue weighted by molar-refractivity contribution is 0.480. The molecule has 1 saturated heterocycles. The Bertz CT molecular complexity index is 428. The third-order valence-electron chi connectivity index (χ3n) is 4.06. The van der Waals surface area contributed by atoms with Crippen LogP contribution in [0.4, 0.5) is 5.82 Å². The van der Waals surface area contributed by atoms with Crippen molar-refractivity contribution in [2.24, 2.45) is 5.92 Å². The van der Waals surface area contributed by atoms with E-state index in [-0.39, 0.29) is 0 Å². The van der Waals surface area contributed by atoms with Gasteiger partial charge in [0.25, 0.3) is 0 Å². The molecule has 3 nitrogen and oxygen atoms in total. The van der Waals surface area contributed by atoms with Gasteiger partial charge in [0.2, 0.25) is 0 Å². The average Bonchev–Trinajstić information content (AvgIpc) is 2.40. The standard InChI is InChI=1S/C17H29N3/c1-13(2)10-18-11-16-9-14(3)17(19-12-16)20-8-6-5-7-15(20)4/h9,12-13,15,18H,5-8,10-11H2,1-4H3. The van der Waals surface area contributed by atoms with Gasteiger partial charge in [-0.25, -0.2) is 4.98 Å². The summed E-state index contributed by atoms with van der Waals surface area (Å²) in [5.74, 6) is 1.88. The summed E-state index contributed by atoms with van der Waals surface area (Å²) in [5, 5.41) is 3.48. The van der Waals surface area contributed by atoms with Crippen molar-refractivity contribution in [2.75, 3.05) is 18.0 Å². The molecule has 1 aromatic rings. The van der Waals surface area contributed by atoms with Gasteiger partial charge in [0.15, 0.2) is 0 Å². The summed E-state index contributed by atoms with van der Waals surface area (Å²) in [6, 6.07) is 2.91. The summed E-state index contributed by atoms with van der Waals surface area (Å²) >= 11 is 0. The zero-order valence-electron chi connectivity index (χ0n) is 13.4. The monoisotopic (exact) mass is 275 g/mol. The van der Waals surface area contributed by atoms with Crippen LogP contribution in [0.1, 0.15) is 51.2 Å².